The van der Waals surface area contributed by atoms with Gasteiger partial charge in [0.2, 0.25) is 0 Å². The van der Waals surface area contributed by atoms with E-state index in [4.69, 9.17) is 0 Å². The monoisotopic (exact) mass is 387 g/mol. The van der Waals surface area contributed by atoms with Gasteiger partial charge in [-0.2, -0.15) is 16.4 Å². The molecule has 0 saturated carbocycles. The first kappa shape index (κ1) is 18.2. The van der Waals surface area contributed by atoms with Gasteiger partial charge in [-0.05, 0) is 43.3 Å². The largest absolute Gasteiger partial charge is 0.337 e. The van der Waals surface area contributed by atoms with Gasteiger partial charge in [0.1, 0.15) is 5.69 Å². The third-order valence-corrected chi connectivity index (χ3v) is 5.99. The number of hydrogen-bond donors (Lipinski definition) is 1. The summed E-state index contributed by atoms with van der Waals surface area (Å²) in [5.74, 6) is 0.0157. The Morgan fingerprint density at radius 2 is 1.89 bits per heavy atom. The maximum absolute atomic E-state index is 12.9. The minimum atomic E-state index is -0.0395. The molecule has 2 fully saturated rings. The highest BCUT2D eigenvalue weighted by Crippen LogP contribution is 2.17. The number of piperidine rings is 1. The molecule has 2 amide bonds. The van der Waals surface area contributed by atoms with Crippen molar-refractivity contribution in [3.8, 4) is 0 Å². The van der Waals surface area contributed by atoms with Gasteiger partial charge in [0.25, 0.3) is 11.8 Å². The third kappa shape index (κ3) is 4.06. The first-order valence-corrected chi connectivity index (χ1v) is 10.5. The van der Waals surface area contributed by atoms with Crippen molar-refractivity contribution in [1.82, 2.24) is 24.9 Å². The molecule has 2 aromatic heterocycles. The van der Waals surface area contributed by atoms with Crippen molar-refractivity contribution in [2.45, 2.75) is 25.3 Å². The summed E-state index contributed by atoms with van der Waals surface area (Å²) in [5.41, 5.74) is 1.23. The van der Waals surface area contributed by atoms with E-state index in [2.05, 4.69) is 10.4 Å². The molecule has 27 heavy (non-hydrogen) atoms. The predicted octanol–water partition coefficient (Wildman–Crippen LogP) is 1.86. The average molecular weight is 388 g/mol. The van der Waals surface area contributed by atoms with E-state index in [9.17, 15) is 9.59 Å². The lowest BCUT2D eigenvalue weighted by atomic mass is 10.1. The molecule has 144 valence electrons. The average Bonchev–Trinajstić information content (AvgIpc) is 3.36. The molecular formula is C19H25N5O2S. The minimum Gasteiger partial charge on any atom is -0.337 e. The van der Waals surface area contributed by atoms with Crippen LogP contribution in [0.1, 0.15) is 46.2 Å². The summed E-state index contributed by atoms with van der Waals surface area (Å²) in [7, 11) is 0. The second-order valence-electron chi connectivity index (χ2n) is 7.13. The van der Waals surface area contributed by atoms with Crippen LogP contribution in [0.15, 0.2) is 29.1 Å². The number of aromatic nitrogens is 2. The number of amides is 2. The van der Waals surface area contributed by atoms with Crippen LogP contribution in [-0.4, -0.2) is 70.7 Å². The van der Waals surface area contributed by atoms with Gasteiger partial charge < -0.3 is 15.1 Å². The zero-order valence-electron chi connectivity index (χ0n) is 15.3. The lowest BCUT2D eigenvalue weighted by Gasteiger charge is -2.23. The molecule has 0 radical (unpaired) electrons. The Kier molecular flexibility index (Phi) is 5.54. The Bertz CT molecular complexity index is 782. The smallest absolute Gasteiger partial charge is 0.274 e. The van der Waals surface area contributed by atoms with Crippen molar-refractivity contribution in [2.24, 2.45) is 0 Å². The molecule has 1 N–H and O–H groups in total. The van der Waals surface area contributed by atoms with E-state index in [0.29, 0.717) is 37.9 Å². The molecular weight excluding hydrogens is 362 g/mol. The van der Waals surface area contributed by atoms with Crippen molar-refractivity contribution in [2.75, 3.05) is 39.3 Å². The Hall–Kier alpha value is -2.19. The highest BCUT2D eigenvalue weighted by Gasteiger charge is 2.25. The number of hydrogen-bond acceptors (Lipinski definition) is 5. The fraction of sp³-hybridized carbons (Fsp3) is 0.526. The number of rotatable bonds is 3. The highest BCUT2D eigenvalue weighted by atomic mass is 32.1. The summed E-state index contributed by atoms with van der Waals surface area (Å²) in [6.45, 7) is 4.40. The van der Waals surface area contributed by atoms with Crippen LogP contribution >= 0.6 is 11.3 Å². The van der Waals surface area contributed by atoms with E-state index in [-0.39, 0.29) is 11.8 Å². The lowest BCUT2D eigenvalue weighted by molar-refractivity contribution is 0.0715. The molecule has 2 saturated heterocycles. The fourth-order valence-corrected chi connectivity index (χ4v) is 4.40. The molecule has 0 bridgehead atoms. The van der Waals surface area contributed by atoms with Gasteiger partial charge in [0, 0.05) is 44.3 Å². The van der Waals surface area contributed by atoms with Gasteiger partial charge >= 0.3 is 0 Å². The molecule has 2 aromatic rings. The van der Waals surface area contributed by atoms with Crippen molar-refractivity contribution in [3.63, 3.8) is 0 Å². The molecule has 0 aliphatic carbocycles. The quantitative estimate of drug-likeness (QED) is 0.873. The van der Waals surface area contributed by atoms with Crippen LogP contribution in [0.2, 0.25) is 0 Å². The Morgan fingerprint density at radius 1 is 1.07 bits per heavy atom. The summed E-state index contributed by atoms with van der Waals surface area (Å²) in [6.07, 6.45) is 4.92. The molecule has 0 aromatic carbocycles. The summed E-state index contributed by atoms with van der Waals surface area (Å²) in [5, 5.41) is 11.7. The molecule has 4 rings (SSSR count). The molecule has 2 aliphatic rings. The van der Waals surface area contributed by atoms with Crippen LogP contribution in [0.25, 0.3) is 0 Å². The van der Waals surface area contributed by atoms with Crippen LogP contribution < -0.4 is 5.32 Å². The maximum atomic E-state index is 12.9. The SMILES string of the molecule is O=C(c1ccsc1)N1CCCN(C(=O)c2ccn(C3CCCNC3)n2)CC1. The van der Waals surface area contributed by atoms with Gasteiger partial charge in [-0.1, -0.05) is 0 Å². The Labute approximate surface area is 162 Å². The van der Waals surface area contributed by atoms with Crippen LogP contribution in [0.5, 0.6) is 0 Å². The fourth-order valence-electron chi connectivity index (χ4n) is 3.77. The summed E-state index contributed by atoms with van der Waals surface area (Å²) in [6, 6.07) is 3.99. The maximum Gasteiger partial charge on any atom is 0.274 e. The second kappa shape index (κ2) is 8.22. The molecule has 1 unspecified atom stereocenters. The molecule has 0 spiro atoms. The number of nitrogens with zero attached hydrogens (tertiary/aromatic N) is 4. The zero-order valence-corrected chi connectivity index (χ0v) is 16.2. The Balaban J connectivity index is 1.38. The van der Waals surface area contributed by atoms with E-state index in [1.165, 1.54) is 11.3 Å². The number of thiophene rings is 1. The van der Waals surface area contributed by atoms with E-state index in [0.717, 1.165) is 37.9 Å². The normalized spacial score (nSPS) is 21.1. The molecule has 8 heteroatoms. The predicted molar refractivity (Wildman–Crippen MR) is 104 cm³/mol. The minimum absolute atomic E-state index is 0.0395. The molecule has 7 nitrogen and oxygen atoms in total. The van der Waals surface area contributed by atoms with Crippen molar-refractivity contribution < 1.29 is 9.59 Å². The third-order valence-electron chi connectivity index (χ3n) is 5.31. The molecule has 2 aliphatic heterocycles. The van der Waals surface area contributed by atoms with E-state index in [1.54, 1.807) is 0 Å². The Morgan fingerprint density at radius 3 is 2.59 bits per heavy atom. The van der Waals surface area contributed by atoms with Gasteiger partial charge in [-0.25, -0.2) is 0 Å². The first-order chi connectivity index (χ1) is 13.2. The summed E-state index contributed by atoms with van der Waals surface area (Å²) in [4.78, 5) is 29.1. The summed E-state index contributed by atoms with van der Waals surface area (Å²) >= 11 is 1.53. The number of nitrogens with one attached hydrogen (secondary N) is 1. The highest BCUT2D eigenvalue weighted by molar-refractivity contribution is 7.08. The van der Waals surface area contributed by atoms with E-state index in [1.807, 2.05) is 43.6 Å². The standard InChI is InChI=1S/C19H25N5O2S/c25-18(15-5-12-27-14-15)22-7-2-8-23(11-10-22)19(26)17-4-9-24(21-17)16-3-1-6-20-13-16/h4-5,9,12,14,16,20H,1-3,6-8,10-11,13H2. The summed E-state index contributed by atoms with van der Waals surface area (Å²) < 4.78 is 1.92. The van der Waals surface area contributed by atoms with Crippen LogP contribution in [0.4, 0.5) is 0 Å². The van der Waals surface area contributed by atoms with Crippen molar-refractivity contribution in [3.05, 3.63) is 40.3 Å². The number of carbonyl (C=O) groups is 2. The van der Waals surface area contributed by atoms with Gasteiger partial charge in [0.05, 0.1) is 11.6 Å². The van der Waals surface area contributed by atoms with E-state index >= 15 is 0 Å². The van der Waals surface area contributed by atoms with Crippen LogP contribution in [0.3, 0.4) is 0 Å². The topological polar surface area (TPSA) is 70.5 Å². The van der Waals surface area contributed by atoms with E-state index < -0.39 is 0 Å². The van der Waals surface area contributed by atoms with Gasteiger partial charge in [-0.3, -0.25) is 14.3 Å². The van der Waals surface area contributed by atoms with Crippen molar-refractivity contribution >= 4 is 23.2 Å². The molecule has 1 atom stereocenters. The second-order valence-corrected chi connectivity index (χ2v) is 7.91. The number of carbonyl (C=O) groups excluding carboxylic acids is 2. The first-order valence-electron chi connectivity index (χ1n) is 9.59. The van der Waals surface area contributed by atoms with Crippen molar-refractivity contribution in [1.29, 1.82) is 0 Å². The van der Waals surface area contributed by atoms with Gasteiger partial charge in [0.15, 0.2) is 0 Å². The zero-order chi connectivity index (χ0) is 18.6. The molecule has 4 heterocycles. The lowest BCUT2D eigenvalue weighted by Crippen LogP contribution is -2.37. The van der Waals surface area contributed by atoms with Crippen LogP contribution in [-0.2, 0) is 0 Å². The van der Waals surface area contributed by atoms with Gasteiger partial charge in [-0.15, -0.1) is 0 Å². The van der Waals surface area contributed by atoms with Crippen LogP contribution in [0, 0.1) is 0 Å².